The minimum atomic E-state index is 0.343. The van der Waals surface area contributed by atoms with Crippen LogP contribution in [0.15, 0.2) is 0 Å². The molecule has 0 spiro atoms. The molecular formula is C11H18O. The second-order valence-electron chi connectivity index (χ2n) is 5.59. The van der Waals surface area contributed by atoms with Crippen LogP contribution >= 0.6 is 0 Å². The highest BCUT2D eigenvalue weighted by molar-refractivity contribution is 5.84. The van der Waals surface area contributed by atoms with E-state index in [0.29, 0.717) is 23.0 Å². The molecule has 2 bridgehead atoms. The number of fused-ring (bicyclic) bond motifs is 2. The molecule has 68 valence electrons. The van der Waals surface area contributed by atoms with E-state index in [1.54, 1.807) is 0 Å². The molecule has 2 rings (SSSR count). The Balaban J connectivity index is 2.17. The van der Waals surface area contributed by atoms with E-state index in [4.69, 9.17) is 0 Å². The molecule has 0 heterocycles. The lowest BCUT2D eigenvalue weighted by molar-refractivity contribution is -0.124. The molecule has 0 aromatic carbocycles. The van der Waals surface area contributed by atoms with Gasteiger partial charge in [-0.2, -0.15) is 0 Å². The predicted molar refractivity (Wildman–Crippen MR) is 48.8 cm³/mol. The monoisotopic (exact) mass is 166 g/mol. The average Bonchev–Trinajstić information content (AvgIpc) is 2.41. The lowest BCUT2D eigenvalue weighted by atomic mass is 9.71. The maximum Gasteiger partial charge on any atom is 0.136 e. The Morgan fingerprint density at radius 1 is 1.25 bits per heavy atom. The Kier molecular flexibility index (Phi) is 1.61. The standard InChI is InChI=1S/C11H18O/c1-11(2,3)9-5-7-4-8(9)10(12)6-7/h7-9H,4-6H2,1-3H3/t7-,8+,9-/m1/s1. The molecule has 0 N–H and O–H groups in total. The highest BCUT2D eigenvalue weighted by Crippen LogP contribution is 2.52. The highest BCUT2D eigenvalue weighted by Gasteiger charge is 2.49. The van der Waals surface area contributed by atoms with Crippen molar-refractivity contribution in [3.8, 4) is 0 Å². The summed E-state index contributed by atoms with van der Waals surface area (Å²) in [6.07, 6.45) is 3.39. The maximum absolute atomic E-state index is 11.5. The Hall–Kier alpha value is -0.330. The molecule has 0 amide bonds. The number of carbonyl (C=O) groups excluding carboxylic acids is 1. The zero-order chi connectivity index (χ0) is 8.93. The van der Waals surface area contributed by atoms with Crippen molar-refractivity contribution in [3.63, 3.8) is 0 Å². The van der Waals surface area contributed by atoms with Crippen molar-refractivity contribution in [3.05, 3.63) is 0 Å². The molecule has 0 aromatic rings. The number of hydrogen-bond donors (Lipinski definition) is 0. The Bertz CT molecular complexity index is 212. The highest BCUT2D eigenvalue weighted by atomic mass is 16.1. The molecule has 2 saturated carbocycles. The minimum absolute atomic E-state index is 0.343. The van der Waals surface area contributed by atoms with E-state index in [2.05, 4.69) is 20.8 Å². The fourth-order valence-corrected chi connectivity index (χ4v) is 3.06. The summed E-state index contributed by atoms with van der Waals surface area (Å²) in [5.74, 6) is 2.39. The van der Waals surface area contributed by atoms with E-state index in [0.717, 1.165) is 12.3 Å². The molecule has 1 nitrogen and oxygen atoms in total. The average molecular weight is 166 g/mol. The van der Waals surface area contributed by atoms with Gasteiger partial charge in [-0.1, -0.05) is 20.8 Å². The van der Waals surface area contributed by atoms with Crippen LogP contribution in [0.4, 0.5) is 0 Å². The van der Waals surface area contributed by atoms with E-state index < -0.39 is 0 Å². The topological polar surface area (TPSA) is 17.1 Å². The van der Waals surface area contributed by atoms with Crippen LogP contribution in [0.1, 0.15) is 40.0 Å². The van der Waals surface area contributed by atoms with Gasteiger partial charge in [0.05, 0.1) is 0 Å². The van der Waals surface area contributed by atoms with E-state index in [-0.39, 0.29) is 0 Å². The van der Waals surface area contributed by atoms with Crippen molar-refractivity contribution < 1.29 is 4.79 Å². The van der Waals surface area contributed by atoms with Gasteiger partial charge in [-0.25, -0.2) is 0 Å². The Morgan fingerprint density at radius 3 is 2.25 bits per heavy atom. The molecule has 2 fully saturated rings. The summed E-state index contributed by atoms with van der Waals surface area (Å²) in [5, 5.41) is 0. The van der Waals surface area contributed by atoms with Gasteiger partial charge < -0.3 is 0 Å². The van der Waals surface area contributed by atoms with Crippen LogP contribution in [-0.2, 0) is 4.79 Å². The van der Waals surface area contributed by atoms with Gasteiger partial charge in [0.25, 0.3) is 0 Å². The molecule has 0 aromatic heterocycles. The van der Waals surface area contributed by atoms with Gasteiger partial charge in [0.2, 0.25) is 0 Å². The van der Waals surface area contributed by atoms with Gasteiger partial charge >= 0.3 is 0 Å². The number of ketones is 1. The minimum Gasteiger partial charge on any atom is -0.299 e. The molecule has 12 heavy (non-hydrogen) atoms. The normalized spacial score (nSPS) is 40.9. The smallest absolute Gasteiger partial charge is 0.136 e. The summed E-state index contributed by atoms with van der Waals surface area (Å²) in [6, 6.07) is 0. The van der Waals surface area contributed by atoms with Crippen LogP contribution in [0.2, 0.25) is 0 Å². The van der Waals surface area contributed by atoms with E-state index in [1.165, 1.54) is 12.8 Å². The summed E-state index contributed by atoms with van der Waals surface area (Å²) in [5.41, 5.74) is 0.343. The van der Waals surface area contributed by atoms with Crippen molar-refractivity contribution in [2.75, 3.05) is 0 Å². The first kappa shape index (κ1) is 8.28. The fourth-order valence-electron chi connectivity index (χ4n) is 3.06. The zero-order valence-electron chi connectivity index (χ0n) is 8.26. The molecule has 0 radical (unpaired) electrons. The van der Waals surface area contributed by atoms with Crippen LogP contribution in [-0.4, -0.2) is 5.78 Å². The molecule has 1 heteroatoms. The maximum atomic E-state index is 11.5. The summed E-state index contributed by atoms with van der Waals surface area (Å²) in [4.78, 5) is 11.5. The third-order valence-corrected chi connectivity index (χ3v) is 3.68. The van der Waals surface area contributed by atoms with Crippen molar-refractivity contribution in [2.45, 2.75) is 40.0 Å². The molecule has 0 saturated heterocycles. The van der Waals surface area contributed by atoms with Crippen molar-refractivity contribution in [1.29, 1.82) is 0 Å². The van der Waals surface area contributed by atoms with Crippen LogP contribution in [0.5, 0.6) is 0 Å². The SMILES string of the molecule is CC(C)(C)[C@@H]1C[C@@H]2CC(=O)[C@H]1C2. The summed E-state index contributed by atoms with van der Waals surface area (Å²) < 4.78 is 0. The second kappa shape index (κ2) is 2.34. The largest absolute Gasteiger partial charge is 0.299 e. The summed E-state index contributed by atoms with van der Waals surface area (Å²) >= 11 is 0. The summed E-state index contributed by atoms with van der Waals surface area (Å²) in [6.45, 7) is 6.81. The Labute approximate surface area is 74.5 Å². The Morgan fingerprint density at radius 2 is 1.92 bits per heavy atom. The lowest BCUT2D eigenvalue weighted by Crippen LogP contribution is -2.30. The third kappa shape index (κ3) is 1.10. The van der Waals surface area contributed by atoms with Gasteiger partial charge in [0.15, 0.2) is 0 Å². The number of carbonyl (C=O) groups is 1. The van der Waals surface area contributed by atoms with E-state index >= 15 is 0 Å². The second-order valence-corrected chi connectivity index (χ2v) is 5.59. The zero-order valence-corrected chi connectivity index (χ0v) is 8.26. The lowest BCUT2D eigenvalue weighted by Gasteiger charge is -2.33. The molecule has 3 atom stereocenters. The van der Waals surface area contributed by atoms with E-state index in [9.17, 15) is 4.79 Å². The number of hydrogen-bond acceptors (Lipinski definition) is 1. The first-order chi connectivity index (χ1) is 5.48. The van der Waals surface area contributed by atoms with Crippen LogP contribution in [0.3, 0.4) is 0 Å². The number of Topliss-reactive ketones (excluding diaryl/α,β-unsaturated/α-hetero) is 1. The van der Waals surface area contributed by atoms with E-state index in [1.807, 2.05) is 0 Å². The van der Waals surface area contributed by atoms with Crippen molar-refractivity contribution in [2.24, 2.45) is 23.2 Å². The van der Waals surface area contributed by atoms with Gasteiger partial charge in [-0.05, 0) is 30.1 Å². The molecule has 0 unspecified atom stereocenters. The van der Waals surface area contributed by atoms with Crippen molar-refractivity contribution in [1.82, 2.24) is 0 Å². The van der Waals surface area contributed by atoms with Gasteiger partial charge in [0, 0.05) is 12.3 Å². The third-order valence-electron chi connectivity index (χ3n) is 3.68. The van der Waals surface area contributed by atoms with Crippen LogP contribution < -0.4 is 0 Å². The quantitative estimate of drug-likeness (QED) is 0.540. The molecule has 2 aliphatic carbocycles. The van der Waals surface area contributed by atoms with Crippen LogP contribution in [0, 0.1) is 23.2 Å². The van der Waals surface area contributed by atoms with Crippen LogP contribution in [0.25, 0.3) is 0 Å². The first-order valence-corrected chi connectivity index (χ1v) is 5.01. The molecule has 0 aliphatic heterocycles. The number of rotatable bonds is 0. The molecular weight excluding hydrogens is 148 g/mol. The van der Waals surface area contributed by atoms with Gasteiger partial charge in [-0.15, -0.1) is 0 Å². The first-order valence-electron chi connectivity index (χ1n) is 5.01. The summed E-state index contributed by atoms with van der Waals surface area (Å²) in [7, 11) is 0. The van der Waals surface area contributed by atoms with Gasteiger partial charge in [-0.3, -0.25) is 4.79 Å². The fraction of sp³-hybridized carbons (Fsp3) is 0.909. The predicted octanol–water partition coefficient (Wildman–Crippen LogP) is 2.65. The van der Waals surface area contributed by atoms with Gasteiger partial charge in [0.1, 0.15) is 5.78 Å². The van der Waals surface area contributed by atoms with Crippen molar-refractivity contribution >= 4 is 5.78 Å². The molecule has 2 aliphatic rings.